The Morgan fingerprint density at radius 3 is 2.21 bits per heavy atom. The molecule has 1 fully saturated rings. The molecule has 0 saturated carbocycles. The van der Waals surface area contributed by atoms with Gasteiger partial charge in [-0.05, 0) is 34.7 Å². The van der Waals surface area contributed by atoms with Gasteiger partial charge in [-0.25, -0.2) is 4.98 Å². The number of rotatable bonds is 11. The van der Waals surface area contributed by atoms with Crippen molar-refractivity contribution in [1.29, 1.82) is 0 Å². The highest BCUT2D eigenvalue weighted by Gasteiger charge is 2.44. The molecule has 5 amide bonds. The van der Waals surface area contributed by atoms with E-state index in [9.17, 15) is 28.8 Å². The van der Waals surface area contributed by atoms with E-state index in [-0.39, 0.29) is 42.5 Å². The highest BCUT2D eigenvalue weighted by atomic mass is 32.1. The molecule has 15 nitrogen and oxygen atoms in total. The Hall–Kier alpha value is -4.86. The van der Waals surface area contributed by atoms with Gasteiger partial charge in [0, 0.05) is 24.0 Å². The average molecular weight is 823 g/mol. The van der Waals surface area contributed by atoms with Crippen molar-refractivity contribution >= 4 is 52.7 Å². The molecule has 1 aromatic carbocycles. The molecule has 58 heavy (non-hydrogen) atoms. The zero-order valence-electron chi connectivity index (χ0n) is 35.7. The zero-order chi connectivity index (χ0) is 43.1. The van der Waals surface area contributed by atoms with E-state index in [2.05, 4.69) is 31.6 Å². The summed E-state index contributed by atoms with van der Waals surface area (Å²) >= 11 is 1.28. The number of nitrogens with zero attached hydrogens (tertiary/aromatic N) is 3. The summed E-state index contributed by atoms with van der Waals surface area (Å²) in [6.07, 6.45) is 2.04. The molecule has 1 saturated heterocycles. The second-order valence-corrected chi connectivity index (χ2v) is 18.8. The summed E-state index contributed by atoms with van der Waals surface area (Å²) in [6.45, 7) is 18.8. The Kier molecular flexibility index (Phi) is 15.2. The topological polar surface area (TPSA) is 200 Å². The van der Waals surface area contributed by atoms with E-state index in [1.807, 2.05) is 99.6 Å². The van der Waals surface area contributed by atoms with Crippen LogP contribution in [-0.2, 0) is 33.5 Å². The number of aromatic nitrogens is 1. The molecule has 0 radical (unpaired) electrons. The number of ether oxygens (including phenoxy) is 1. The van der Waals surface area contributed by atoms with Crippen LogP contribution in [0.5, 0.6) is 0 Å². The van der Waals surface area contributed by atoms with E-state index >= 15 is 0 Å². The minimum Gasteiger partial charge on any atom is -0.469 e. The van der Waals surface area contributed by atoms with E-state index in [4.69, 9.17) is 9.73 Å². The fraction of sp³-hybridized carbons (Fsp3) is 0.619. The lowest BCUT2D eigenvalue weighted by Gasteiger charge is -2.39. The second-order valence-electron chi connectivity index (χ2n) is 17.9. The molecular formula is C42H62N8O7S. The number of carbonyl (C=O) groups excluding carboxylic acids is 6. The molecule has 5 N–H and O–H groups in total. The fourth-order valence-corrected chi connectivity index (χ4v) is 8.03. The largest absolute Gasteiger partial charge is 0.469 e. The van der Waals surface area contributed by atoms with Crippen LogP contribution >= 0.6 is 11.3 Å². The van der Waals surface area contributed by atoms with Crippen LogP contribution in [0.4, 0.5) is 0 Å². The maximum absolute atomic E-state index is 14.8. The zero-order valence-corrected chi connectivity index (χ0v) is 36.5. The number of hydrogen-bond donors (Lipinski definition) is 5. The monoisotopic (exact) mass is 822 g/mol. The van der Waals surface area contributed by atoms with E-state index in [1.165, 1.54) is 23.3 Å². The van der Waals surface area contributed by atoms with Gasteiger partial charge in [0.05, 0.1) is 25.6 Å². The third-order valence-corrected chi connectivity index (χ3v) is 11.7. The van der Waals surface area contributed by atoms with Gasteiger partial charge in [-0.2, -0.15) is 0 Å². The van der Waals surface area contributed by atoms with Crippen molar-refractivity contribution in [2.45, 2.75) is 124 Å². The highest BCUT2D eigenvalue weighted by Crippen LogP contribution is 2.29. The number of nitrogens with one attached hydrogen (secondary N) is 5. The minimum atomic E-state index is -1.12. The SMILES string of the molecule is COC(=O)CC(NC(=O)C(NC(=O)C(NC1=NCC(=O)N2CCC(C)C2C(=O)NC(C(C)C)C(=O)NC1C(C)(C)C)C(C)(C)C)C(C)c1ccccc1)c1nccs1. The Bertz CT molecular complexity index is 1800. The number of hydrogen-bond acceptors (Lipinski definition) is 11. The summed E-state index contributed by atoms with van der Waals surface area (Å²) in [5.41, 5.74) is -0.707. The first kappa shape index (κ1) is 45.8. The first-order valence-electron chi connectivity index (χ1n) is 20.0. The second kappa shape index (κ2) is 19.3. The van der Waals surface area contributed by atoms with Gasteiger partial charge in [-0.1, -0.05) is 99.6 Å². The lowest BCUT2D eigenvalue weighted by Crippen LogP contribution is -2.65. The van der Waals surface area contributed by atoms with Crippen molar-refractivity contribution in [1.82, 2.24) is 36.5 Å². The van der Waals surface area contributed by atoms with Gasteiger partial charge in [0.15, 0.2) is 0 Å². The number of benzene rings is 1. The van der Waals surface area contributed by atoms with Crippen LogP contribution < -0.4 is 26.6 Å². The summed E-state index contributed by atoms with van der Waals surface area (Å²) in [6, 6.07) is 3.83. The summed E-state index contributed by atoms with van der Waals surface area (Å²) in [5.74, 6) is -3.49. The van der Waals surface area contributed by atoms with Gasteiger partial charge in [-0.15, -0.1) is 11.3 Å². The number of carbonyl (C=O) groups is 6. The fourth-order valence-electron chi connectivity index (χ4n) is 7.34. The summed E-state index contributed by atoms with van der Waals surface area (Å²) < 4.78 is 4.91. The van der Waals surface area contributed by atoms with Gasteiger partial charge in [-0.3, -0.25) is 33.8 Å². The lowest BCUT2D eigenvalue weighted by atomic mass is 9.82. The smallest absolute Gasteiger partial charge is 0.308 e. The molecule has 4 rings (SSSR count). The molecule has 0 aliphatic carbocycles. The van der Waals surface area contributed by atoms with Crippen LogP contribution in [0.15, 0.2) is 46.9 Å². The Balaban J connectivity index is 1.76. The Morgan fingerprint density at radius 1 is 0.966 bits per heavy atom. The van der Waals surface area contributed by atoms with Gasteiger partial charge >= 0.3 is 5.97 Å². The Morgan fingerprint density at radius 2 is 1.64 bits per heavy atom. The molecular weight excluding hydrogens is 761 g/mol. The van der Waals surface area contributed by atoms with Crippen LogP contribution in [0.1, 0.15) is 105 Å². The predicted molar refractivity (Wildman–Crippen MR) is 223 cm³/mol. The molecule has 0 spiro atoms. The number of esters is 1. The molecule has 3 heterocycles. The van der Waals surface area contributed by atoms with Crippen LogP contribution in [0, 0.1) is 22.7 Å². The molecule has 2 aromatic rings. The predicted octanol–water partition coefficient (Wildman–Crippen LogP) is 3.48. The van der Waals surface area contributed by atoms with E-state index < -0.39 is 76.7 Å². The van der Waals surface area contributed by atoms with Crippen molar-refractivity contribution in [2.24, 2.45) is 27.7 Å². The maximum atomic E-state index is 14.8. The van der Waals surface area contributed by atoms with Gasteiger partial charge in [0.25, 0.3) is 0 Å². The quantitative estimate of drug-likeness (QED) is 0.211. The molecule has 1 aromatic heterocycles. The highest BCUT2D eigenvalue weighted by molar-refractivity contribution is 7.09. The molecule has 0 bridgehead atoms. The van der Waals surface area contributed by atoms with Crippen molar-refractivity contribution in [3.05, 3.63) is 52.5 Å². The summed E-state index contributed by atoms with van der Waals surface area (Å²) in [4.78, 5) is 93.8. The van der Waals surface area contributed by atoms with Crippen LogP contribution in [0.25, 0.3) is 0 Å². The summed E-state index contributed by atoms with van der Waals surface area (Å²) in [7, 11) is 1.27. The van der Waals surface area contributed by atoms with Crippen LogP contribution in [0.2, 0.25) is 0 Å². The third-order valence-electron chi connectivity index (χ3n) is 10.8. The number of amidine groups is 1. The molecule has 8 atom stereocenters. The normalized spacial score (nSPS) is 22.8. The lowest BCUT2D eigenvalue weighted by molar-refractivity contribution is -0.141. The standard InChI is InChI=1S/C42H62N8O7S/c1-23(2)30-36(53)49-33(41(5,6)7)35(44-22-28(51)50-19-17-24(3)32(50)38(55)46-30)48-34(42(8,9)10)39(56)47-31(25(4)26-15-13-12-14-16-26)37(54)45-27(21-29(52)57-11)40-43-18-20-58-40/h12-16,18,20,23-25,27,30-34H,17,19,21-22H2,1-11H3,(H,44,48)(H,45,54)(H,46,55)(H,47,56)(H,49,53). The first-order valence-corrected chi connectivity index (χ1v) is 20.8. The molecule has 16 heteroatoms. The van der Waals surface area contributed by atoms with E-state index in [0.29, 0.717) is 18.0 Å². The Labute approximate surface area is 346 Å². The van der Waals surface area contributed by atoms with Crippen molar-refractivity contribution < 1.29 is 33.5 Å². The van der Waals surface area contributed by atoms with Crippen LogP contribution in [0.3, 0.4) is 0 Å². The molecule has 2 aliphatic heterocycles. The number of thiazole rings is 1. The minimum absolute atomic E-state index is 0.124. The maximum Gasteiger partial charge on any atom is 0.308 e. The van der Waals surface area contributed by atoms with Crippen molar-refractivity contribution in [3.63, 3.8) is 0 Å². The van der Waals surface area contributed by atoms with Crippen molar-refractivity contribution in [3.8, 4) is 0 Å². The number of aliphatic imine (C=N–C) groups is 1. The van der Waals surface area contributed by atoms with Crippen molar-refractivity contribution in [2.75, 3.05) is 20.2 Å². The average Bonchev–Trinajstić information content (AvgIpc) is 3.83. The van der Waals surface area contributed by atoms with E-state index in [1.54, 1.807) is 11.6 Å². The number of methoxy groups -OCH3 is 1. The van der Waals surface area contributed by atoms with Gasteiger partial charge < -0.3 is 36.2 Å². The first-order chi connectivity index (χ1) is 27.1. The van der Waals surface area contributed by atoms with Gasteiger partial charge in [0.1, 0.15) is 41.6 Å². The third kappa shape index (κ3) is 11.4. The number of amides is 5. The number of fused-ring (bicyclic) bond motifs is 1. The molecule has 318 valence electrons. The summed E-state index contributed by atoms with van der Waals surface area (Å²) in [5, 5.41) is 17.6. The molecule has 2 aliphatic rings. The van der Waals surface area contributed by atoms with Gasteiger partial charge in [0.2, 0.25) is 29.5 Å². The van der Waals surface area contributed by atoms with Crippen LogP contribution in [-0.4, -0.2) is 102 Å². The molecule has 8 unspecified atom stereocenters. The van der Waals surface area contributed by atoms with E-state index in [0.717, 1.165) is 5.56 Å².